The summed E-state index contributed by atoms with van der Waals surface area (Å²) in [5.41, 5.74) is 0.846. The molecule has 7 heteroatoms. The van der Waals surface area contributed by atoms with Gasteiger partial charge in [0.1, 0.15) is 5.56 Å². The van der Waals surface area contributed by atoms with Crippen molar-refractivity contribution < 1.29 is 9.90 Å². The molecule has 3 aromatic rings. The number of hydrogen-bond donors (Lipinski definition) is 2. The predicted octanol–water partition coefficient (Wildman–Crippen LogP) is 2.15. The molecule has 0 radical (unpaired) electrons. The number of nitrogens with one attached hydrogen (secondary N) is 1. The Morgan fingerprint density at radius 3 is 2.65 bits per heavy atom. The Morgan fingerprint density at radius 2 is 2.00 bits per heavy atom. The predicted molar refractivity (Wildman–Crippen MR) is 75.9 cm³/mol. The summed E-state index contributed by atoms with van der Waals surface area (Å²) >= 11 is 3.38. The third-order valence-corrected chi connectivity index (χ3v) is 3.64. The van der Waals surface area contributed by atoms with Crippen LogP contribution in [0.2, 0.25) is 0 Å². The summed E-state index contributed by atoms with van der Waals surface area (Å²) in [6.07, 6.45) is 1.06. The Morgan fingerprint density at radius 1 is 1.30 bits per heavy atom. The molecule has 0 aliphatic carbocycles. The van der Waals surface area contributed by atoms with Crippen LogP contribution in [-0.2, 0) is 0 Å². The highest BCUT2D eigenvalue weighted by Gasteiger charge is 2.17. The number of rotatable bonds is 2. The third-order valence-electron chi connectivity index (χ3n) is 2.89. The van der Waals surface area contributed by atoms with Gasteiger partial charge in [-0.3, -0.25) is 9.89 Å². The molecule has 3 rings (SSSR count). The first-order valence-electron chi connectivity index (χ1n) is 5.67. The van der Waals surface area contributed by atoms with Gasteiger partial charge in [0.15, 0.2) is 5.65 Å². The van der Waals surface area contributed by atoms with Crippen molar-refractivity contribution in [3.63, 3.8) is 0 Å². The average molecular weight is 334 g/mol. The number of nitrogens with zero attached hydrogens (tertiary/aromatic N) is 2. The monoisotopic (exact) mass is 333 g/mol. The highest BCUT2D eigenvalue weighted by Crippen LogP contribution is 2.29. The summed E-state index contributed by atoms with van der Waals surface area (Å²) in [6, 6.07) is 9.36. The van der Waals surface area contributed by atoms with Gasteiger partial charge in [0.25, 0.3) is 5.56 Å². The zero-order valence-electron chi connectivity index (χ0n) is 10.0. The maximum absolute atomic E-state index is 12.1. The Balaban J connectivity index is 2.33. The molecule has 0 spiro atoms. The number of benzene rings is 1. The van der Waals surface area contributed by atoms with Crippen LogP contribution >= 0.6 is 15.9 Å². The highest BCUT2D eigenvalue weighted by atomic mass is 79.9. The lowest BCUT2D eigenvalue weighted by molar-refractivity contribution is 0.0694. The van der Waals surface area contributed by atoms with Gasteiger partial charge in [-0.05, 0) is 15.9 Å². The third kappa shape index (κ3) is 1.83. The number of hydrogen-bond acceptors (Lipinski definition) is 3. The van der Waals surface area contributed by atoms with Crippen LogP contribution in [0.4, 0.5) is 0 Å². The van der Waals surface area contributed by atoms with Crippen molar-refractivity contribution in [3.8, 4) is 11.3 Å². The number of carboxylic acids is 1. The van der Waals surface area contributed by atoms with Crippen molar-refractivity contribution in [2.24, 2.45) is 0 Å². The number of halogens is 1. The second-order valence-electron chi connectivity index (χ2n) is 4.11. The van der Waals surface area contributed by atoms with Crippen LogP contribution in [0.3, 0.4) is 0 Å². The van der Waals surface area contributed by atoms with E-state index in [1.165, 1.54) is 0 Å². The van der Waals surface area contributed by atoms with E-state index in [9.17, 15) is 9.59 Å². The summed E-state index contributed by atoms with van der Waals surface area (Å²) in [4.78, 5) is 27.0. The molecule has 6 nitrogen and oxygen atoms in total. The summed E-state index contributed by atoms with van der Waals surface area (Å²) in [7, 11) is 0. The molecule has 0 atom stereocenters. The van der Waals surface area contributed by atoms with Gasteiger partial charge in [-0.2, -0.15) is 4.52 Å². The van der Waals surface area contributed by atoms with Gasteiger partial charge in [-0.15, -0.1) is 0 Å². The summed E-state index contributed by atoms with van der Waals surface area (Å²) in [5.74, 6) is -1.30. The Hall–Kier alpha value is -2.41. The van der Waals surface area contributed by atoms with E-state index in [0.717, 1.165) is 16.3 Å². The molecule has 0 saturated heterocycles. The van der Waals surface area contributed by atoms with E-state index in [-0.39, 0.29) is 5.56 Å². The van der Waals surface area contributed by atoms with Crippen LogP contribution in [-0.4, -0.2) is 25.7 Å². The fourth-order valence-corrected chi connectivity index (χ4v) is 2.53. The largest absolute Gasteiger partial charge is 0.477 e. The number of aromatic carboxylic acids is 1. The molecule has 0 bridgehead atoms. The molecule has 0 fully saturated rings. The first kappa shape index (κ1) is 12.6. The molecule has 2 N–H and O–H groups in total. The van der Waals surface area contributed by atoms with Crippen LogP contribution in [0.15, 0.2) is 45.8 Å². The minimum Gasteiger partial charge on any atom is -0.477 e. The van der Waals surface area contributed by atoms with Gasteiger partial charge >= 0.3 is 5.97 Å². The molecule has 100 valence electrons. The SMILES string of the molecule is O=C(O)c1cnc2c(Br)c(-c3ccccc3)[nH]n2c1=O. The Labute approximate surface area is 120 Å². The zero-order chi connectivity index (χ0) is 14.3. The smallest absolute Gasteiger partial charge is 0.343 e. The van der Waals surface area contributed by atoms with E-state index < -0.39 is 11.5 Å². The van der Waals surface area contributed by atoms with Crippen LogP contribution in [0.1, 0.15) is 10.4 Å². The molecule has 0 saturated carbocycles. The summed E-state index contributed by atoms with van der Waals surface area (Å²) in [5, 5.41) is 11.8. The van der Waals surface area contributed by atoms with Crippen LogP contribution in [0.5, 0.6) is 0 Å². The van der Waals surface area contributed by atoms with Crippen molar-refractivity contribution in [3.05, 3.63) is 56.9 Å². The molecule has 0 unspecified atom stereocenters. The zero-order valence-corrected chi connectivity index (χ0v) is 11.6. The first-order chi connectivity index (χ1) is 9.59. The van der Waals surface area contributed by atoms with Crippen LogP contribution in [0, 0.1) is 0 Å². The molecule has 0 aliphatic rings. The van der Waals surface area contributed by atoms with E-state index in [1.54, 1.807) is 0 Å². The van der Waals surface area contributed by atoms with Crippen molar-refractivity contribution >= 4 is 27.5 Å². The van der Waals surface area contributed by atoms with E-state index >= 15 is 0 Å². The van der Waals surface area contributed by atoms with Gasteiger partial charge in [0.05, 0.1) is 10.2 Å². The molecule has 0 aliphatic heterocycles. The van der Waals surface area contributed by atoms with E-state index in [0.29, 0.717) is 15.8 Å². The summed E-state index contributed by atoms with van der Waals surface area (Å²) in [6.45, 7) is 0. The maximum atomic E-state index is 12.1. The minimum absolute atomic E-state index is 0.346. The number of fused-ring (bicyclic) bond motifs is 1. The van der Waals surface area contributed by atoms with Gasteiger partial charge in [-0.1, -0.05) is 30.3 Å². The second-order valence-corrected chi connectivity index (χ2v) is 4.90. The molecule has 2 aromatic heterocycles. The van der Waals surface area contributed by atoms with Gasteiger partial charge < -0.3 is 5.11 Å². The number of carboxylic acid groups (broad SMARTS) is 1. The molecule has 1 aromatic carbocycles. The van der Waals surface area contributed by atoms with Crippen molar-refractivity contribution in [2.45, 2.75) is 0 Å². The lowest BCUT2D eigenvalue weighted by Crippen LogP contribution is -2.22. The Kier molecular flexibility index (Phi) is 2.90. The number of carbonyl (C=O) groups is 1. The van der Waals surface area contributed by atoms with E-state index in [2.05, 4.69) is 26.0 Å². The normalized spacial score (nSPS) is 10.8. The highest BCUT2D eigenvalue weighted by molar-refractivity contribution is 9.10. The molecular weight excluding hydrogens is 326 g/mol. The van der Waals surface area contributed by atoms with Crippen LogP contribution in [0.25, 0.3) is 16.9 Å². The van der Waals surface area contributed by atoms with E-state index in [4.69, 9.17) is 5.11 Å². The number of aromatic amines is 1. The van der Waals surface area contributed by atoms with Crippen LogP contribution < -0.4 is 5.56 Å². The molecular formula is C13H8BrN3O3. The van der Waals surface area contributed by atoms with E-state index in [1.807, 2.05) is 30.3 Å². The van der Waals surface area contributed by atoms with Crippen molar-refractivity contribution in [2.75, 3.05) is 0 Å². The second kappa shape index (κ2) is 4.61. The number of aromatic nitrogens is 3. The topological polar surface area (TPSA) is 87.5 Å². The fraction of sp³-hybridized carbons (Fsp3) is 0. The van der Waals surface area contributed by atoms with Gasteiger partial charge in [0.2, 0.25) is 0 Å². The minimum atomic E-state index is -1.30. The maximum Gasteiger partial charge on any atom is 0.343 e. The quantitative estimate of drug-likeness (QED) is 0.752. The lowest BCUT2D eigenvalue weighted by atomic mass is 10.2. The molecule has 20 heavy (non-hydrogen) atoms. The van der Waals surface area contributed by atoms with Gasteiger partial charge in [-0.25, -0.2) is 9.78 Å². The number of H-pyrrole nitrogens is 1. The first-order valence-corrected chi connectivity index (χ1v) is 6.47. The Bertz CT molecular complexity index is 868. The molecule has 0 amide bonds. The lowest BCUT2D eigenvalue weighted by Gasteiger charge is -1.96. The average Bonchev–Trinajstić information content (AvgIpc) is 2.78. The summed E-state index contributed by atoms with van der Waals surface area (Å²) < 4.78 is 1.73. The van der Waals surface area contributed by atoms with Crippen molar-refractivity contribution in [1.29, 1.82) is 0 Å². The fourth-order valence-electron chi connectivity index (χ4n) is 1.93. The standard InChI is InChI=1S/C13H8BrN3O3/c14-9-10(7-4-2-1-3-5-7)16-17-11(9)15-6-8(12(17)18)13(19)20/h1-6,16H,(H,19,20). The van der Waals surface area contributed by atoms with Crippen molar-refractivity contribution in [1.82, 2.24) is 14.6 Å². The van der Waals surface area contributed by atoms with Gasteiger partial charge in [0, 0.05) is 11.8 Å². The molecule has 2 heterocycles.